The largest absolute Gasteiger partial charge is 0.374 e. The van der Waals surface area contributed by atoms with Crippen molar-refractivity contribution < 1.29 is 52.7 Å². The number of amides is 9. The molecular weight excluding hydrogens is 1050 g/mol. The average Bonchev–Trinajstić information content (AvgIpc) is 4.25. The molecule has 80 heavy (non-hydrogen) atoms. The molecule has 440 valence electrons. The minimum Gasteiger partial charge on any atom is -0.374 e. The molecule has 10 atom stereocenters. The van der Waals surface area contributed by atoms with E-state index in [2.05, 4.69) is 31.6 Å². The highest BCUT2D eigenvalue weighted by atomic mass is 32.1. The van der Waals surface area contributed by atoms with Gasteiger partial charge in [-0.3, -0.25) is 57.7 Å². The number of methoxy groups -OCH3 is 1. The first kappa shape index (κ1) is 64.4. The Labute approximate surface area is 474 Å². The van der Waals surface area contributed by atoms with E-state index < -0.39 is 95.8 Å². The number of ketones is 1. The molecule has 0 saturated carbocycles. The SMILES string of the molecule is CC[C@H](C)[C@H](NC(=O)[C@H]1CCCCN1C)C(=O)N(C)[C@H](C[C@@H](OC)c1nc(C(=O)N[C@@H](CC(=O)[C@@H](N)Cc2ccccc2)C(=O)N[C@H](C(=O)N2CCC[C@H]2C(=O)NCCNC(=O)CCN2C(=O)C=CC2=O)[C@@H](C)CC)cs1)C(C)C. The van der Waals surface area contributed by atoms with Crippen LogP contribution < -0.4 is 32.3 Å². The van der Waals surface area contributed by atoms with E-state index in [9.17, 15) is 47.9 Å². The quantitative estimate of drug-likeness (QED) is 0.0484. The summed E-state index contributed by atoms with van der Waals surface area (Å²) in [6.07, 6.45) is 6.04. The van der Waals surface area contributed by atoms with Gasteiger partial charge in [-0.2, -0.15) is 0 Å². The Morgan fingerprint density at radius 3 is 2.11 bits per heavy atom. The van der Waals surface area contributed by atoms with E-state index in [1.165, 1.54) is 17.4 Å². The van der Waals surface area contributed by atoms with E-state index in [-0.39, 0.29) is 80.4 Å². The van der Waals surface area contributed by atoms with Crippen LogP contribution in [0.15, 0.2) is 47.9 Å². The maximum absolute atomic E-state index is 14.6. The zero-order valence-electron chi connectivity index (χ0n) is 48.0. The third-order valence-corrected chi connectivity index (χ3v) is 16.7. The maximum atomic E-state index is 14.6. The molecule has 0 aliphatic carbocycles. The van der Waals surface area contributed by atoms with Gasteiger partial charge in [-0.25, -0.2) is 4.98 Å². The smallest absolute Gasteiger partial charge is 0.271 e. The summed E-state index contributed by atoms with van der Waals surface area (Å²) >= 11 is 1.16. The highest BCUT2D eigenvalue weighted by Crippen LogP contribution is 2.31. The Morgan fingerprint density at radius 2 is 1.48 bits per heavy atom. The van der Waals surface area contributed by atoms with Crippen LogP contribution in [0.3, 0.4) is 0 Å². The van der Waals surface area contributed by atoms with Crippen LogP contribution in [0.5, 0.6) is 0 Å². The lowest BCUT2D eigenvalue weighted by atomic mass is 9.92. The number of Topliss-reactive ketones (excluding diaryl/α,β-unsaturated/α-hetero) is 1. The van der Waals surface area contributed by atoms with E-state index in [1.807, 2.05) is 76.9 Å². The fourth-order valence-corrected chi connectivity index (χ4v) is 11.2. The number of nitrogens with one attached hydrogen (secondary N) is 5. The molecule has 0 bridgehead atoms. The summed E-state index contributed by atoms with van der Waals surface area (Å²) < 4.78 is 5.98. The van der Waals surface area contributed by atoms with E-state index in [4.69, 9.17) is 10.5 Å². The van der Waals surface area contributed by atoms with Gasteiger partial charge in [0.15, 0.2) is 5.78 Å². The molecule has 4 heterocycles. The summed E-state index contributed by atoms with van der Waals surface area (Å²) in [5.41, 5.74) is 7.16. The summed E-state index contributed by atoms with van der Waals surface area (Å²) in [4.78, 5) is 146. The number of likely N-dealkylation sites (N-methyl/N-ethyl adjacent to an activating group) is 2. The Morgan fingerprint density at radius 1 is 0.825 bits per heavy atom. The highest BCUT2D eigenvalue weighted by molar-refractivity contribution is 7.09. The van der Waals surface area contributed by atoms with Crippen molar-refractivity contribution in [2.75, 3.05) is 53.9 Å². The number of ether oxygens (including phenoxy) is 1. The Bertz CT molecular complexity index is 2510. The van der Waals surface area contributed by atoms with Gasteiger partial charge in [0, 0.05) is 83.2 Å². The van der Waals surface area contributed by atoms with Crippen LogP contribution in [0.4, 0.5) is 0 Å². The van der Waals surface area contributed by atoms with Crippen LogP contribution in [0.25, 0.3) is 0 Å². The number of nitrogens with two attached hydrogens (primary N) is 1. The summed E-state index contributed by atoms with van der Waals surface area (Å²) in [5, 5.41) is 16.0. The molecule has 5 rings (SSSR count). The number of benzene rings is 1. The van der Waals surface area contributed by atoms with Gasteiger partial charge in [-0.05, 0) is 69.0 Å². The fraction of sp³-hybridized carbons (Fsp3) is 0.632. The molecule has 9 amide bonds. The van der Waals surface area contributed by atoms with Crippen molar-refractivity contribution in [2.45, 2.75) is 161 Å². The second-order valence-corrected chi connectivity index (χ2v) is 22.7. The van der Waals surface area contributed by atoms with Gasteiger partial charge in [-0.1, -0.05) is 91.1 Å². The van der Waals surface area contributed by atoms with Crippen molar-refractivity contribution in [3.05, 3.63) is 64.1 Å². The molecule has 1 aromatic heterocycles. The van der Waals surface area contributed by atoms with E-state index in [0.29, 0.717) is 37.1 Å². The predicted molar refractivity (Wildman–Crippen MR) is 301 cm³/mol. The molecule has 22 nitrogen and oxygen atoms in total. The molecule has 2 saturated heterocycles. The molecule has 7 N–H and O–H groups in total. The number of thiazole rings is 1. The van der Waals surface area contributed by atoms with Crippen molar-refractivity contribution in [1.29, 1.82) is 0 Å². The molecule has 0 spiro atoms. The maximum Gasteiger partial charge on any atom is 0.271 e. The Hall–Kier alpha value is -6.43. The van der Waals surface area contributed by atoms with Gasteiger partial charge in [0.2, 0.25) is 35.4 Å². The van der Waals surface area contributed by atoms with Gasteiger partial charge in [-0.15, -0.1) is 11.3 Å². The first-order valence-electron chi connectivity index (χ1n) is 28.2. The van der Waals surface area contributed by atoms with Gasteiger partial charge >= 0.3 is 0 Å². The Kier molecular flexibility index (Phi) is 24.9. The lowest BCUT2D eigenvalue weighted by Gasteiger charge is -2.38. The number of imide groups is 1. The van der Waals surface area contributed by atoms with Crippen molar-refractivity contribution in [3.8, 4) is 0 Å². The monoisotopic (exact) mass is 1130 g/mol. The van der Waals surface area contributed by atoms with Crippen LogP contribution in [0.2, 0.25) is 0 Å². The van der Waals surface area contributed by atoms with Gasteiger partial charge in [0.1, 0.15) is 41.0 Å². The summed E-state index contributed by atoms with van der Waals surface area (Å²) in [5.74, 6) is -5.55. The first-order valence-corrected chi connectivity index (χ1v) is 29.1. The summed E-state index contributed by atoms with van der Waals surface area (Å²) in [7, 11) is 5.18. The van der Waals surface area contributed by atoms with Crippen LogP contribution >= 0.6 is 11.3 Å². The van der Waals surface area contributed by atoms with Gasteiger partial charge in [0.25, 0.3) is 17.7 Å². The minimum absolute atomic E-state index is 0.0304. The summed E-state index contributed by atoms with van der Waals surface area (Å²) in [6.45, 7) is 12.6. The Balaban J connectivity index is 1.28. The molecule has 2 fully saturated rings. The van der Waals surface area contributed by atoms with Crippen molar-refractivity contribution in [1.82, 2.24) is 51.2 Å². The number of hydrogen-bond acceptors (Lipinski definition) is 15. The topological polar surface area (TPSA) is 292 Å². The number of aromatic nitrogens is 1. The number of hydrogen-bond donors (Lipinski definition) is 6. The highest BCUT2D eigenvalue weighted by Gasteiger charge is 2.41. The number of rotatable bonds is 30. The van der Waals surface area contributed by atoms with Crippen molar-refractivity contribution >= 4 is 70.3 Å². The second kappa shape index (κ2) is 31.0. The first-order chi connectivity index (χ1) is 38.1. The number of nitrogens with zero attached hydrogens (tertiary/aromatic N) is 5. The van der Waals surface area contributed by atoms with E-state index in [0.717, 1.165) is 59.8 Å². The third-order valence-electron chi connectivity index (χ3n) is 15.8. The number of carbonyl (C=O) groups is 10. The predicted octanol–water partition coefficient (Wildman–Crippen LogP) is 2.42. The molecule has 1 aromatic carbocycles. The second-order valence-electron chi connectivity index (χ2n) is 21.8. The molecule has 23 heteroatoms. The third kappa shape index (κ3) is 17.5. The van der Waals surface area contributed by atoms with E-state index in [1.54, 1.807) is 18.9 Å². The van der Waals surface area contributed by atoms with Crippen molar-refractivity contribution in [2.24, 2.45) is 23.5 Å². The number of likely N-dealkylation sites (tertiary alicyclic amines) is 2. The number of carbonyl (C=O) groups excluding carboxylic acids is 10. The minimum atomic E-state index is -1.51. The lowest BCUT2D eigenvalue weighted by Crippen LogP contribution is -2.59. The molecule has 3 aliphatic rings. The average molecular weight is 1130 g/mol. The lowest BCUT2D eigenvalue weighted by molar-refractivity contribution is -0.143. The van der Waals surface area contributed by atoms with Crippen LogP contribution in [0, 0.1) is 17.8 Å². The van der Waals surface area contributed by atoms with Gasteiger partial charge < -0.3 is 46.9 Å². The van der Waals surface area contributed by atoms with Gasteiger partial charge in [0.05, 0.1) is 12.1 Å². The molecule has 3 aliphatic heterocycles. The van der Waals surface area contributed by atoms with Crippen molar-refractivity contribution in [3.63, 3.8) is 0 Å². The standard InChI is InChI=1S/C57H85N11O11S/c1-10-35(5)49(64-54(76)41-20-15-16-27-65(41)7)56(77)66(8)43(34(3)4)32-45(79-9)55-62-40(33-80-55)52(74)61-39(31-44(69)38(58)30-37-18-13-12-14-19-37)51(73)63-50(36(6)11-2)57(78)67-28-17-21-42(67)53(75)60-26-25-59-46(70)24-29-68-47(71)22-23-48(68)72/h12-14,18-19,22-23,33-36,38-39,41-43,45,49-50H,10-11,15-17,20-21,24-32,58H2,1-9H3,(H,59,70)(H,60,75)(H,61,74)(H,63,73)(H,64,76)/t35-,36-,38-,39-,41+,42-,43+,45+,49-,50-/m0/s1. The van der Waals surface area contributed by atoms with Crippen LogP contribution in [0.1, 0.15) is 133 Å². The van der Waals surface area contributed by atoms with Crippen LogP contribution in [-0.4, -0.2) is 180 Å². The number of piperidine rings is 1. The van der Waals surface area contributed by atoms with Crippen LogP contribution in [-0.2, 0) is 54.3 Å². The zero-order valence-corrected chi connectivity index (χ0v) is 48.8. The fourth-order valence-electron chi connectivity index (χ4n) is 10.3. The molecular formula is C57H85N11O11S. The van der Waals surface area contributed by atoms with E-state index >= 15 is 0 Å². The molecule has 0 radical (unpaired) electrons. The molecule has 0 unspecified atom stereocenters. The normalized spacial score (nSPS) is 19.5. The summed E-state index contributed by atoms with van der Waals surface area (Å²) in [6, 6.07) is 3.07. The molecule has 2 aromatic rings. The zero-order chi connectivity index (χ0) is 58.8.